The predicted molar refractivity (Wildman–Crippen MR) is 161 cm³/mol. The fraction of sp³-hybridized carbons (Fsp3) is 0.394. The van der Waals surface area contributed by atoms with Crippen molar-refractivity contribution in [1.29, 1.82) is 5.26 Å². The lowest BCUT2D eigenvalue weighted by Gasteiger charge is -2.41. The van der Waals surface area contributed by atoms with Gasteiger partial charge >= 0.3 is 6.01 Å². The number of ether oxygens (including phenoxy) is 1. The molecule has 2 fully saturated rings. The first-order valence-corrected chi connectivity index (χ1v) is 14.8. The number of aromatic hydroxyl groups is 1. The van der Waals surface area contributed by atoms with Crippen molar-refractivity contribution in [2.75, 3.05) is 44.7 Å². The number of benzene rings is 2. The molecule has 1 aliphatic carbocycles. The summed E-state index contributed by atoms with van der Waals surface area (Å²) in [6.07, 6.45) is 5.09. The number of fused-ring (bicyclic) bond motifs is 3. The van der Waals surface area contributed by atoms with Crippen LogP contribution >= 0.6 is 0 Å². The number of likely N-dealkylation sites (N-methyl/N-ethyl adjacent to an activating group) is 1. The molecule has 2 saturated heterocycles. The number of nitrogens with zero attached hydrogens (tertiary/aromatic N) is 6. The Morgan fingerprint density at radius 3 is 2.81 bits per heavy atom. The minimum atomic E-state index is -0.500. The second kappa shape index (κ2) is 12.0. The van der Waals surface area contributed by atoms with Crippen molar-refractivity contribution >= 4 is 11.7 Å². The van der Waals surface area contributed by atoms with Gasteiger partial charge in [0.1, 0.15) is 24.0 Å². The highest BCUT2D eigenvalue weighted by Crippen LogP contribution is 2.42. The number of likely N-dealkylation sites (tertiary alicyclic amines) is 1. The van der Waals surface area contributed by atoms with Gasteiger partial charge in [-0.3, -0.25) is 4.79 Å². The van der Waals surface area contributed by atoms with Crippen molar-refractivity contribution in [2.24, 2.45) is 0 Å². The molecule has 0 spiro atoms. The minimum Gasteiger partial charge on any atom is -0.507 e. The van der Waals surface area contributed by atoms with E-state index >= 15 is 0 Å². The molecule has 6 rings (SSSR count). The van der Waals surface area contributed by atoms with Gasteiger partial charge in [0, 0.05) is 36.8 Å². The van der Waals surface area contributed by atoms with E-state index in [2.05, 4.69) is 29.5 Å². The van der Waals surface area contributed by atoms with Gasteiger partial charge in [-0.25, -0.2) is 4.39 Å². The summed E-state index contributed by atoms with van der Waals surface area (Å²) in [5.74, 6) is -0.0792. The Labute approximate surface area is 250 Å². The van der Waals surface area contributed by atoms with Gasteiger partial charge in [0.25, 0.3) is 0 Å². The fourth-order valence-electron chi connectivity index (χ4n) is 6.56. The van der Waals surface area contributed by atoms with E-state index in [0.29, 0.717) is 38.2 Å². The van der Waals surface area contributed by atoms with E-state index in [4.69, 9.17) is 14.7 Å². The summed E-state index contributed by atoms with van der Waals surface area (Å²) in [4.78, 5) is 28.5. The van der Waals surface area contributed by atoms with Crippen molar-refractivity contribution in [3.05, 3.63) is 66.0 Å². The van der Waals surface area contributed by atoms with E-state index in [-0.39, 0.29) is 41.7 Å². The van der Waals surface area contributed by atoms with E-state index < -0.39 is 5.82 Å². The van der Waals surface area contributed by atoms with E-state index in [1.807, 2.05) is 18.2 Å². The Morgan fingerprint density at radius 1 is 1.21 bits per heavy atom. The summed E-state index contributed by atoms with van der Waals surface area (Å²) in [5, 5.41) is 20.0. The van der Waals surface area contributed by atoms with Crippen LogP contribution in [0.15, 0.2) is 49.1 Å². The maximum Gasteiger partial charge on any atom is 0.319 e. The van der Waals surface area contributed by atoms with Gasteiger partial charge in [-0.2, -0.15) is 15.2 Å². The van der Waals surface area contributed by atoms with Gasteiger partial charge in [0.2, 0.25) is 5.91 Å². The Hall–Kier alpha value is -4.49. The quantitative estimate of drug-likeness (QED) is 0.410. The molecular formula is C33H35FN6O3. The molecule has 0 unspecified atom stereocenters. The molecule has 2 aromatic carbocycles. The highest BCUT2D eigenvalue weighted by molar-refractivity contribution is 5.87. The first kappa shape index (κ1) is 28.6. The van der Waals surface area contributed by atoms with Crippen LogP contribution in [0.2, 0.25) is 0 Å². The third-order valence-corrected chi connectivity index (χ3v) is 8.90. The van der Waals surface area contributed by atoms with Crippen molar-refractivity contribution in [2.45, 2.75) is 44.2 Å². The number of phenolic OH excluding ortho intramolecular Hbond substituents is 1. The number of nitriles is 1. The monoisotopic (exact) mass is 582 g/mol. The average Bonchev–Trinajstić information content (AvgIpc) is 3.43. The van der Waals surface area contributed by atoms with Crippen LogP contribution in [0.5, 0.6) is 11.8 Å². The molecule has 2 aliphatic heterocycles. The normalized spacial score (nSPS) is 19.8. The van der Waals surface area contributed by atoms with Crippen LogP contribution in [-0.2, 0) is 17.6 Å². The van der Waals surface area contributed by atoms with Crippen LogP contribution in [0.25, 0.3) is 22.4 Å². The number of hydrogen-bond donors (Lipinski definition) is 1. The second-order valence-electron chi connectivity index (χ2n) is 11.4. The van der Waals surface area contributed by atoms with Gasteiger partial charge < -0.3 is 24.5 Å². The molecule has 2 atom stereocenters. The van der Waals surface area contributed by atoms with Crippen LogP contribution in [0, 0.1) is 17.1 Å². The Kier molecular flexibility index (Phi) is 8.00. The highest BCUT2D eigenvalue weighted by Gasteiger charge is 2.34. The lowest BCUT2D eigenvalue weighted by molar-refractivity contribution is -0.128. The topological polar surface area (TPSA) is 106 Å². The van der Waals surface area contributed by atoms with Crippen LogP contribution in [0.3, 0.4) is 0 Å². The average molecular weight is 583 g/mol. The van der Waals surface area contributed by atoms with Crippen molar-refractivity contribution in [3.8, 4) is 40.2 Å². The molecule has 3 heterocycles. The molecule has 10 heteroatoms. The first-order chi connectivity index (χ1) is 20.9. The smallest absolute Gasteiger partial charge is 0.319 e. The zero-order chi connectivity index (χ0) is 30.1. The maximum atomic E-state index is 14.9. The summed E-state index contributed by atoms with van der Waals surface area (Å²) in [6.45, 7) is 6.53. The van der Waals surface area contributed by atoms with Crippen LogP contribution in [0.4, 0.5) is 10.2 Å². The number of rotatable bonds is 7. The lowest BCUT2D eigenvalue weighted by Crippen LogP contribution is -2.55. The van der Waals surface area contributed by atoms with Crippen LogP contribution in [0.1, 0.15) is 30.4 Å². The van der Waals surface area contributed by atoms with Gasteiger partial charge in [-0.1, -0.05) is 24.8 Å². The maximum absolute atomic E-state index is 14.9. The van der Waals surface area contributed by atoms with E-state index in [1.165, 1.54) is 24.3 Å². The SMILES string of the molecule is C=CC(=O)N1CCN(c2nc(OC[C@@H]3CCCN3C)nc3c2CCc2ccc(-c4c(O)cccc4F)cc2-3)C[C@@H]1CC#N. The number of aromatic nitrogens is 2. The minimum absolute atomic E-state index is 0.125. The number of aryl methyl sites for hydroxylation is 1. The summed E-state index contributed by atoms with van der Waals surface area (Å²) < 4.78 is 21.1. The summed E-state index contributed by atoms with van der Waals surface area (Å²) in [7, 11) is 2.09. The predicted octanol–water partition coefficient (Wildman–Crippen LogP) is 4.34. The third kappa shape index (κ3) is 5.53. The number of halogens is 1. The number of piperazine rings is 1. The summed E-state index contributed by atoms with van der Waals surface area (Å²) in [6, 6.07) is 12.4. The van der Waals surface area contributed by atoms with E-state index in [1.54, 1.807) is 4.90 Å². The van der Waals surface area contributed by atoms with Gasteiger partial charge in [0.15, 0.2) is 0 Å². The van der Waals surface area contributed by atoms with E-state index in [0.717, 1.165) is 54.0 Å². The molecule has 3 aliphatic rings. The first-order valence-electron chi connectivity index (χ1n) is 14.8. The van der Waals surface area contributed by atoms with Crippen molar-refractivity contribution in [1.82, 2.24) is 19.8 Å². The van der Waals surface area contributed by atoms with Gasteiger partial charge in [-0.15, -0.1) is 0 Å². The van der Waals surface area contributed by atoms with Crippen LogP contribution in [-0.4, -0.2) is 82.7 Å². The Morgan fingerprint density at radius 2 is 2.07 bits per heavy atom. The molecule has 1 N–H and O–H groups in total. The van der Waals surface area contributed by atoms with Crippen LogP contribution < -0.4 is 9.64 Å². The molecule has 1 amide bonds. The standard InChI is InChI=1S/C33H35FN6O3/c1-3-29(42)40-17-16-39(19-23(40)13-14-35)32-25-12-11-21-9-10-22(30-27(34)7-4-8-28(30)41)18-26(21)31(25)36-33(37-32)43-20-24-6-5-15-38(24)2/h3-4,7-10,18,23-24,41H,1,5-6,11-13,15-17,19-20H2,2H3/t23-,24-/m0/s1. The van der Waals surface area contributed by atoms with E-state index in [9.17, 15) is 19.6 Å². The molecule has 1 aromatic heterocycles. The molecule has 0 radical (unpaired) electrons. The fourth-order valence-corrected chi connectivity index (χ4v) is 6.56. The third-order valence-electron chi connectivity index (χ3n) is 8.90. The highest BCUT2D eigenvalue weighted by atomic mass is 19.1. The number of hydrogen-bond acceptors (Lipinski definition) is 8. The Bertz CT molecular complexity index is 1580. The number of amides is 1. The Balaban J connectivity index is 1.42. The lowest BCUT2D eigenvalue weighted by atomic mass is 9.86. The number of carbonyl (C=O) groups excluding carboxylic acids is 1. The number of anilines is 1. The molecule has 3 aromatic rings. The van der Waals surface area contributed by atoms with Gasteiger partial charge in [0.05, 0.1) is 29.8 Å². The zero-order valence-electron chi connectivity index (χ0n) is 24.3. The van der Waals surface area contributed by atoms with Gasteiger partial charge in [-0.05, 0) is 74.7 Å². The molecule has 222 valence electrons. The molecular weight excluding hydrogens is 547 g/mol. The largest absolute Gasteiger partial charge is 0.507 e. The number of phenols is 1. The van der Waals surface area contributed by atoms with Crippen molar-refractivity contribution < 1.29 is 19.0 Å². The molecule has 0 saturated carbocycles. The second-order valence-corrected chi connectivity index (χ2v) is 11.4. The molecule has 43 heavy (non-hydrogen) atoms. The van der Waals surface area contributed by atoms with Crippen molar-refractivity contribution in [3.63, 3.8) is 0 Å². The summed E-state index contributed by atoms with van der Waals surface area (Å²) in [5.41, 5.74) is 4.30. The molecule has 0 bridgehead atoms. The molecule has 9 nitrogen and oxygen atoms in total. The summed E-state index contributed by atoms with van der Waals surface area (Å²) >= 11 is 0. The number of carbonyl (C=O) groups is 1. The zero-order valence-corrected chi connectivity index (χ0v) is 24.3.